The van der Waals surface area contributed by atoms with Gasteiger partial charge < -0.3 is 9.73 Å². The van der Waals surface area contributed by atoms with Crippen LogP contribution in [-0.2, 0) is 0 Å². The molecule has 0 saturated carbocycles. The van der Waals surface area contributed by atoms with Gasteiger partial charge in [-0.25, -0.2) is 4.79 Å². The normalized spacial score (nSPS) is 10.8. The van der Waals surface area contributed by atoms with E-state index in [1.54, 1.807) is 24.3 Å². The molecule has 0 unspecified atom stereocenters. The van der Waals surface area contributed by atoms with Crippen LogP contribution in [-0.4, -0.2) is 10.3 Å². The summed E-state index contributed by atoms with van der Waals surface area (Å²) in [5.41, 5.74) is 1.28. The van der Waals surface area contributed by atoms with Crippen LogP contribution in [0.3, 0.4) is 0 Å². The van der Waals surface area contributed by atoms with E-state index in [9.17, 15) is 9.59 Å². The Morgan fingerprint density at radius 3 is 2.76 bits per heavy atom. The minimum atomic E-state index is -0.512. The van der Waals surface area contributed by atoms with Crippen molar-refractivity contribution in [2.24, 2.45) is 0 Å². The summed E-state index contributed by atoms with van der Waals surface area (Å²) in [4.78, 5) is 24.1. The minimum absolute atomic E-state index is 0.0117. The smallest absolute Gasteiger partial charge is 0.344 e. The molecule has 0 radical (unpaired) electrons. The van der Waals surface area contributed by atoms with Crippen LogP contribution in [0.4, 0.5) is 5.00 Å². The molecule has 0 saturated heterocycles. The van der Waals surface area contributed by atoms with Gasteiger partial charge in [0.1, 0.15) is 5.00 Å². The lowest BCUT2D eigenvalue weighted by Gasteiger charge is -2.03. The van der Waals surface area contributed by atoms with Crippen molar-refractivity contribution in [3.63, 3.8) is 0 Å². The highest BCUT2D eigenvalue weighted by molar-refractivity contribution is 7.10. The van der Waals surface area contributed by atoms with Crippen molar-refractivity contribution in [3.05, 3.63) is 57.8 Å². The Labute approximate surface area is 124 Å². The Morgan fingerprint density at radius 1 is 1.24 bits per heavy atom. The lowest BCUT2D eigenvalue weighted by molar-refractivity contribution is 0.0993. The molecular weight excluding hydrogens is 288 g/mol. The molecule has 1 N–H and O–H groups in total. The first kappa shape index (κ1) is 13.5. The SMILES string of the molecule is Cc1ccc2cc(C(=O)Nc3cc(C)ns3)oc(=O)c2c1. The molecule has 5 nitrogen and oxygen atoms in total. The summed E-state index contributed by atoms with van der Waals surface area (Å²) in [6.07, 6.45) is 0. The summed E-state index contributed by atoms with van der Waals surface area (Å²) in [5, 5.41) is 4.44. The van der Waals surface area contributed by atoms with Crippen molar-refractivity contribution in [3.8, 4) is 0 Å². The second kappa shape index (κ2) is 5.14. The standard InChI is InChI=1S/C15H12N2O3S/c1-8-3-4-10-7-12(20-15(19)11(10)5-8)14(18)16-13-6-9(2)17-21-13/h3-7H,1-2H3,(H,16,18). The molecule has 106 valence electrons. The fourth-order valence-electron chi connectivity index (χ4n) is 2.01. The molecule has 0 fully saturated rings. The zero-order valence-corrected chi connectivity index (χ0v) is 12.3. The van der Waals surface area contributed by atoms with Gasteiger partial charge in [0.25, 0.3) is 5.91 Å². The quantitative estimate of drug-likeness (QED) is 0.789. The third-order valence-electron chi connectivity index (χ3n) is 3.01. The van der Waals surface area contributed by atoms with Crippen molar-refractivity contribution in [2.45, 2.75) is 13.8 Å². The summed E-state index contributed by atoms with van der Waals surface area (Å²) in [5.74, 6) is -0.472. The van der Waals surface area contributed by atoms with E-state index in [0.717, 1.165) is 11.3 Å². The Balaban J connectivity index is 1.98. The summed E-state index contributed by atoms with van der Waals surface area (Å²) in [7, 11) is 0. The number of aryl methyl sites for hydroxylation is 2. The molecule has 0 spiro atoms. The van der Waals surface area contributed by atoms with Gasteiger partial charge in [-0.2, -0.15) is 4.37 Å². The molecule has 6 heteroatoms. The first-order chi connectivity index (χ1) is 10.0. The van der Waals surface area contributed by atoms with E-state index in [1.807, 2.05) is 19.9 Å². The number of carbonyl (C=O) groups excluding carboxylic acids is 1. The largest absolute Gasteiger partial charge is 0.417 e. The molecule has 2 aromatic heterocycles. The molecule has 1 aromatic carbocycles. The number of aromatic nitrogens is 1. The second-order valence-electron chi connectivity index (χ2n) is 4.78. The van der Waals surface area contributed by atoms with E-state index in [1.165, 1.54) is 11.5 Å². The van der Waals surface area contributed by atoms with Crippen LogP contribution < -0.4 is 10.9 Å². The number of rotatable bonds is 2. The van der Waals surface area contributed by atoms with Gasteiger partial charge in [-0.1, -0.05) is 17.7 Å². The number of anilines is 1. The predicted molar refractivity (Wildman–Crippen MR) is 82.0 cm³/mol. The lowest BCUT2D eigenvalue weighted by Crippen LogP contribution is -2.14. The van der Waals surface area contributed by atoms with Crippen molar-refractivity contribution in [1.82, 2.24) is 4.37 Å². The molecule has 0 aliphatic heterocycles. The fraction of sp³-hybridized carbons (Fsp3) is 0.133. The van der Waals surface area contributed by atoms with Gasteiger partial charge in [0.05, 0.1) is 11.1 Å². The molecule has 0 aliphatic carbocycles. The monoisotopic (exact) mass is 300 g/mol. The predicted octanol–water partition coefficient (Wildman–Crippen LogP) is 3.12. The van der Waals surface area contributed by atoms with Crippen LogP contribution in [0.5, 0.6) is 0 Å². The number of fused-ring (bicyclic) bond motifs is 1. The highest BCUT2D eigenvalue weighted by Crippen LogP contribution is 2.18. The number of amides is 1. The van der Waals surface area contributed by atoms with E-state index in [0.29, 0.717) is 15.8 Å². The fourth-order valence-corrected chi connectivity index (χ4v) is 2.66. The Hall–Kier alpha value is -2.47. The third-order valence-corrected chi connectivity index (χ3v) is 3.80. The zero-order chi connectivity index (χ0) is 15.0. The zero-order valence-electron chi connectivity index (χ0n) is 11.5. The summed E-state index contributed by atoms with van der Waals surface area (Å²) < 4.78 is 9.18. The number of carbonyl (C=O) groups is 1. The maximum atomic E-state index is 12.1. The maximum Gasteiger partial charge on any atom is 0.344 e. The minimum Gasteiger partial charge on any atom is -0.417 e. The van der Waals surface area contributed by atoms with Gasteiger partial charge in [0.2, 0.25) is 0 Å². The van der Waals surface area contributed by atoms with Crippen LogP contribution in [0.1, 0.15) is 21.8 Å². The molecule has 0 aliphatic rings. The van der Waals surface area contributed by atoms with Crippen molar-refractivity contribution >= 4 is 33.2 Å². The number of benzene rings is 1. The van der Waals surface area contributed by atoms with Gasteiger partial charge in [-0.3, -0.25) is 4.79 Å². The van der Waals surface area contributed by atoms with Gasteiger partial charge >= 0.3 is 5.63 Å². The molecule has 3 rings (SSSR count). The first-order valence-electron chi connectivity index (χ1n) is 6.32. The Morgan fingerprint density at radius 2 is 2.05 bits per heavy atom. The topological polar surface area (TPSA) is 72.2 Å². The van der Waals surface area contributed by atoms with Crippen LogP contribution in [0.25, 0.3) is 10.8 Å². The molecule has 0 bridgehead atoms. The molecular formula is C15H12N2O3S. The van der Waals surface area contributed by atoms with Gasteiger partial charge in [-0.05, 0) is 49.0 Å². The molecule has 21 heavy (non-hydrogen) atoms. The molecule has 0 atom stereocenters. The molecule has 1 amide bonds. The highest BCUT2D eigenvalue weighted by Gasteiger charge is 2.13. The summed E-state index contributed by atoms with van der Waals surface area (Å²) in [6, 6.07) is 8.76. The Bertz CT molecular complexity index is 895. The number of hydrogen-bond donors (Lipinski definition) is 1. The van der Waals surface area contributed by atoms with Crippen LogP contribution >= 0.6 is 11.5 Å². The van der Waals surface area contributed by atoms with E-state index in [-0.39, 0.29) is 5.76 Å². The van der Waals surface area contributed by atoms with E-state index < -0.39 is 11.5 Å². The lowest BCUT2D eigenvalue weighted by atomic mass is 10.1. The van der Waals surface area contributed by atoms with Gasteiger partial charge in [0.15, 0.2) is 5.76 Å². The average molecular weight is 300 g/mol. The van der Waals surface area contributed by atoms with Crippen LogP contribution in [0.15, 0.2) is 39.5 Å². The van der Waals surface area contributed by atoms with Crippen LogP contribution in [0.2, 0.25) is 0 Å². The molecule has 2 heterocycles. The van der Waals surface area contributed by atoms with E-state index in [4.69, 9.17) is 4.42 Å². The first-order valence-corrected chi connectivity index (χ1v) is 7.09. The van der Waals surface area contributed by atoms with Gasteiger partial charge in [-0.15, -0.1) is 0 Å². The average Bonchev–Trinajstić information content (AvgIpc) is 2.84. The van der Waals surface area contributed by atoms with Gasteiger partial charge in [0, 0.05) is 0 Å². The maximum absolute atomic E-state index is 12.1. The summed E-state index contributed by atoms with van der Waals surface area (Å²) in [6.45, 7) is 3.73. The number of nitrogens with zero attached hydrogens (tertiary/aromatic N) is 1. The summed E-state index contributed by atoms with van der Waals surface area (Å²) >= 11 is 1.18. The van der Waals surface area contributed by atoms with Crippen molar-refractivity contribution < 1.29 is 9.21 Å². The van der Waals surface area contributed by atoms with E-state index >= 15 is 0 Å². The van der Waals surface area contributed by atoms with E-state index in [2.05, 4.69) is 9.69 Å². The van der Waals surface area contributed by atoms with Crippen molar-refractivity contribution in [2.75, 3.05) is 5.32 Å². The number of hydrogen-bond acceptors (Lipinski definition) is 5. The molecule has 3 aromatic rings. The third kappa shape index (κ3) is 2.71. The Kier molecular flexibility index (Phi) is 3.31. The highest BCUT2D eigenvalue weighted by atomic mass is 32.1. The van der Waals surface area contributed by atoms with Crippen LogP contribution in [0, 0.1) is 13.8 Å². The van der Waals surface area contributed by atoms with Crippen molar-refractivity contribution in [1.29, 1.82) is 0 Å². The second-order valence-corrected chi connectivity index (χ2v) is 5.58. The number of nitrogens with one attached hydrogen (secondary N) is 1.